The molecule has 1 heterocycles. The van der Waals surface area contributed by atoms with Gasteiger partial charge in [-0.05, 0) is 25.7 Å². The van der Waals surface area contributed by atoms with E-state index in [1.807, 2.05) is 0 Å². The van der Waals surface area contributed by atoms with E-state index < -0.39 is 0 Å². The number of nitrogens with zero attached hydrogens (tertiary/aromatic N) is 2. The molecule has 0 atom stereocenters. The van der Waals surface area contributed by atoms with Crippen LogP contribution >= 0.6 is 0 Å². The lowest BCUT2D eigenvalue weighted by Crippen LogP contribution is -2.48. The van der Waals surface area contributed by atoms with Gasteiger partial charge in [0.1, 0.15) is 0 Å². The topological polar surface area (TPSA) is 18.5 Å². The van der Waals surface area contributed by atoms with Gasteiger partial charge in [0.25, 0.3) is 0 Å². The van der Waals surface area contributed by atoms with Gasteiger partial charge in [0.2, 0.25) is 0 Å². The SMILES string of the molecule is C(CN1CCN(C2CC2)CC1)NC1CC1. The summed E-state index contributed by atoms with van der Waals surface area (Å²) in [5.74, 6) is 0. The highest BCUT2D eigenvalue weighted by Gasteiger charge is 2.31. The maximum absolute atomic E-state index is 3.59. The molecule has 3 fully saturated rings. The second kappa shape index (κ2) is 4.40. The normalized spacial score (nSPS) is 29.6. The lowest BCUT2D eigenvalue weighted by Gasteiger charge is -2.34. The fourth-order valence-electron chi connectivity index (χ4n) is 2.51. The molecule has 1 N–H and O–H groups in total. The fourth-order valence-corrected chi connectivity index (χ4v) is 2.51. The lowest BCUT2D eigenvalue weighted by molar-refractivity contribution is 0.127. The van der Waals surface area contributed by atoms with Crippen molar-refractivity contribution < 1.29 is 0 Å². The van der Waals surface area contributed by atoms with E-state index in [0.717, 1.165) is 12.1 Å². The minimum Gasteiger partial charge on any atom is -0.313 e. The van der Waals surface area contributed by atoms with Gasteiger partial charge in [0, 0.05) is 51.4 Å². The molecule has 2 aliphatic carbocycles. The first-order valence-corrected chi connectivity index (χ1v) is 6.61. The third kappa shape index (κ3) is 2.92. The van der Waals surface area contributed by atoms with E-state index >= 15 is 0 Å². The van der Waals surface area contributed by atoms with Crippen LogP contribution in [-0.4, -0.2) is 61.2 Å². The van der Waals surface area contributed by atoms with Crippen LogP contribution in [0.3, 0.4) is 0 Å². The number of rotatable bonds is 5. The van der Waals surface area contributed by atoms with Gasteiger partial charge >= 0.3 is 0 Å². The highest BCUT2D eigenvalue weighted by molar-refractivity contribution is 4.88. The lowest BCUT2D eigenvalue weighted by atomic mass is 10.3. The van der Waals surface area contributed by atoms with Gasteiger partial charge in [0.05, 0.1) is 0 Å². The Bertz CT molecular complexity index is 200. The summed E-state index contributed by atoms with van der Waals surface area (Å²) in [7, 11) is 0. The molecule has 3 aliphatic rings. The molecule has 0 aromatic heterocycles. The van der Waals surface area contributed by atoms with E-state index in [1.165, 1.54) is 65.0 Å². The molecule has 3 nitrogen and oxygen atoms in total. The fraction of sp³-hybridized carbons (Fsp3) is 1.00. The van der Waals surface area contributed by atoms with Gasteiger partial charge in [-0.25, -0.2) is 0 Å². The summed E-state index contributed by atoms with van der Waals surface area (Å²) in [4.78, 5) is 5.30. The van der Waals surface area contributed by atoms with E-state index in [4.69, 9.17) is 0 Å². The van der Waals surface area contributed by atoms with Crippen molar-refractivity contribution in [2.24, 2.45) is 0 Å². The molecule has 3 heteroatoms. The van der Waals surface area contributed by atoms with Crippen LogP contribution in [0, 0.1) is 0 Å². The van der Waals surface area contributed by atoms with Gasteiger partial charge in [-0.3, -0.25) is 9.80 Å². The molecule has 0 amide bonds. The monoisotopic (exact) mass is 209 g/mol. The predicted octanol–water partition coefficient (Wildman–Crippen LogP) is 0.518. The molecule has 1 saturated heterocycles. The van der Waals surface area contributed by atoms with Crippen molar-refractivity contribution in [3.63, 3.8) is 0 Å². The van der Waals surface area contributed by atoms with Crippen LogP contribution in [-0.2, 0) is 0 Å². The van der Waals surface area contributed by atoms with Gasteiger partial charge in [-0.2, -0.15) is 0 Å². The maximum Gasteiger partial charge on any atom is 0.0113 e. The van der Waals surface area contributed by atoms with Gasteiger partial charge in [-0.15, -0.1) is 0 Å². The molecular formula is C12H23N3. The van der Waals surface area contributed by atoms with Crippen LogP contribution < -0.4 is 5.32 Å². The van der Waals surface area contributed by atoms with Crippen LogP contribution in [0.25, 0.3) is 0 Å². The molecule has 0 unspecified atom stereocenters. The largest absolute Gasteiger partial charge is 0.313 e. The van der Waals surface area contributed by atoms with E-state index in [0.29, 0.717) is 0 Å². The van der Waals surface area contributed by atoms with E-state index in [1.54, 1.807) is 0 Å². The molecular weight excluding hydrogens is 186 g/mol. The molecule has 0 radical (unpaired) electrons. The summed E-state index contributed by atoms with van der Waals surface area (Å²) in [5, 5.41) is 3.59. The predicted molar refractivity (Wildman–Crippen MR) is 62.1 cm³/mol. The molecule has 0 spiro atoms. The second-order valence-corrected chi connectivity index (χ2v) is 5.34. The quantitative estimate of drug-likeness (QED) is 0.712. The number of nitrogens with one attached hydrogen (secondary N) is 1. The van der Waals surface area contributed by atoms with Crippen molar-refractivity contribution in [1.82, 2.24) is 15.1 Å². The average Bonchev–Trinajstić information content (AvgIpc) is 3.14. The Morgan fingerprint density at radius 3 is 2.27 bits per heavy atom. The van der Waals surface area contributed by atoms with Crippen LogP contribution in [0.2, 0.25) is 0 Å². The minimum absolute atomic E-state index is 0.873. The summed E-state index contributed by atoms with van der Waals surface area (Å²) >= 11 is 0. The molecule has 0 bridgehead atoms. The minimum atomic E-state index is 0.873. The van der Waals surface area contributed by atoms with E-state index in [9.17, 15) is 0 Å². The Hall–Kier alpha value is -0.120. The van der Waals surface area contributed by atoms with Gasteiger partial charge in [-0.1, -0.05) is 0 Å². The van der Waals surface area contributed by atoms with Gasteiger partial charge in [0.15, 0.2) is 0 Å². The van der Waals surface area contributed by atoms with Crippen molar-refractivity contribution >= 4 is 0 Å². The van der Waals surface area contributed by atoms with Crippen molar-refractivity contribution in [3.8, 4) is 0 Å². The zero-order valence-electron chi connectivity index (χ0n) is 9.62. The second-order valence-electron chi connectivity index (χ2n) is 5.34. The Labute approximate surface area is 92.8 Å². The molecule has 86 valence electrons. The Morgan fingerprint density at radius 1 is 0.933 bits per heavy atom. The molecule has 1 aliphatic heterocycles. The zero-order chi connectivity index (χ0) is 10.1. The Balaban J connectivity index is 1.30. The molecule has 0 aromatic rings. The first-order valence-electron chi connectivity index (χ1n) is 6.61. The van der Waals surface area contributed by atoms with E-state index in [2.05, 4.69) is 15.1 Å². The number of hydrogen-bond acceptors (Lipinski definition) is 3. The smallest absolute Gasteiger partial charge is 0.0113 e. The van der Waals surface area contributed by atoms with Crippen molar-refractivity contribution in [1.29, 1.82) is 0 Å². The zero-order valence-corrected chi connectivity index (χ0v) is 9.62. The summed E-state index contributed by atoms with van der Waals surface area (Å²) in [5.41, 5.74) is 0. The van der Waals surface area contributed by atoms with Crippen LogP contribution in [0.5, 0.6) is 0 Å². The third-order valence-electron chi connectivity index (χ3n) is 3.91. The summed E-state index contributed by atoms with van der Waals surface area (Å²) in [6.07, 6.45) is 5.75. The number of piperazine rings is 1. The summed E-state index contributed by atoms with van der Waals surface area (Å²) in [6, 6.07) is 1.84. The van der Waals surface area contributed by atoms with Crippen molar-refractivity contribution in [3.05, 3.63) is 0 Å². The summed E-state index contributed by atoms with van der Waals surface area (Å²) in [6.45, 7) is 7.68. The first-order chi connectivity index (χ1) is 7.42. The van der Waals surface area contributed by atoms with Crippen molar-refractivity contribution in [2.75, 3.05) is 39.3 Å². The molecule has 2 saturated carbocycles. The van der Waals surface area contributed by atoms with Crippen LogP contribution in [0.4, 0.5) is 0 Å². The molecule has 3 rings (SSSR count). The Morgan fingerprint density at radius 2 is 1.67 bits per heavy atom. The van der Waals surface area contributed by atoms with E-state index in [-0.39, 0.29) is 0 Å². The highest BCUT2D eigenvalue weighted by atomic mass is 15.3. The highest BCUT2D eigenvalue weighted by Crippen LogP contribution is 2.27. The van der Waals surface area contributed by atoms with Gasteiger partial charge < -0.3 is 5.32 Å². The number of hydrogen-bond donors (Lipinski definition) is 1. The van der Waals surface area contributed by atoms with Crippen molar-refractivity contribution in [2.45, 2.75) is 37.8 Å². The Kier molecular flexibility index (Phi) is 2.95. The standard InChI is InChI=1S/C12H23N3/c1-2-11(1)13-5-6-14-7-9-15(10-8-14)12-3-4-12/h11-13H,1-10H2. The average molecular weight is 209 g/mol. The maximum atomic E-state index is 3.59. The third-order valence-corrected chi connectivity index (χ3v) is 3.91. The summed E-state index contributed by atoms with van der Waals surface area (Å²) < 4.78 is 0. The molecule has 0 aromatic carbocycles. The van der Waals surface area contributed by atoms with Crippen LogP contribution in [0.15, 0.2) is 0 Å². The van der Waals surface area contributed by atoms with Crippen LogP contribution in [0.1, 0.15) is 25.7 Å². The molecule has 15 heavy (non-hydrogen) atoms. The first kappa shape index (κ1) is 10.1.